The van der Waals surface area contributed by atoms with E-state index in [1.165, 1.54) is 31.3 Å². The summed E-state index contributed by atoms with van der Waals surface area (Å²) in [6.07, 6.45) is 0. The molecule has 0 radical (unpaired) electrons. The van der Waals surface area contributed by atoms with Crippen LogP contribution in [0.1, 0.15) is 21.6 Å². The van der Waals surface area contributed by atoms with Crippen LogP contribution in [0.15, 0.2) is 28.9 Å². The number of hydrogen-bond donors (Lipinski definition) is 2. The molecule has 0 saturated heterocycles. The Kier molecular flexibility index (Phi) is 4.72. The van der Waals surface area contributed by atoms with Crippen molar-refractivity contribution in [1.82, 2.24) is 9.78 Å². The summed E-state index contributed by atoms with van der Waals surface area (Å²) >= 11 is 3.03. The van der Waals surface area contributed by atoms with Crippen molar-refractivity contribution < 1.29 is 18.3 Å². The van der Waals surface area contributed by atoms with Crippen molar-refractivity contribution in [3.05, 3.63) is 45.7 Å². The highest BCUT2D eigenvalue weighted by atomic mass is 79.9. The van der Waals surface area contributed by atoms with Crippen LogP contribution in [0, 0.1) is 11.3 Å². The minimum absolute atomic E-state index is 0.0841. The zero-order valence-corrected chi connectivity index (χ0v) is 14.2. The van der Waals surface area contributed by atoms with Crippen molar-refractivity contribution in [3.8, 4) is 6.07 Å². The second kappa shape index (κ2) is 6.39. The van der Waals surface area contributed by atoms with Crippen LogP contribution in [-0.2, 0) is 22.8 Å². The standard InChI is InChI=1S/C13H11BrN4O4S/c1-18-11(13(19)20)10(12(14)16-18)17-23(21,22)7-9-4-2-8(6-15)3-5-9/h2-5,17H,7H2,1H3,(H,19,20). The summed E-state index contributed by atoms with van der Waals surface area (Å²) in [5.74, 6) is -1.67. The van der Waals surface area contributed by atoms with E-state index in [4.69, 9.17) is 10.4 Å². The lowest BCUT2D eigenvalue weighted by atomic mass is 10.2. The maximum Gasteiger partial charge on any atom is 0.356 e. The first-order chi connectivity index (χ1) is 10.7. The van der Waals surface area contributed by atoms with Gasteiger partial charge in [0.1, 0.15) is 5.69 Å². The number of hydrogen-bond acceptors (Lipinski definition) is 5. The normalized spacial score (nSPS) is 11.0. The van der Waals surface area contributed by atoms with Crippen LogP contribution < -0.4 is 4.72 Å². The Morgan fingerprint density at radius 1 is 1.43 bits per heavy atom. The number of sulfonamides is 1. The zero-order valence-electron chi connectivity index (χ0n) is 11.8. The van der Waals surface area contributed by atoms with Crippen LogP contribution in [0.25, 0.3) is 0 Å². The summed E-state index contributed by atoms with van der Waals surface area (Å²) in [4.78, 5) is 11.2. The van der Waals surface area contributed by atoms with E-state index in [1.807, 2.05) is 6.07 Å². The highest BCUT2D eigenvalue weighted by Gasteiger charge is 2.24. The van der Waals surface area contributed by atoms with E-state index in [2.05, 4.69) is 25.8 Å². The lowest BCUT2D eigenvalue weighted by molar-refractivity contribution is 0.0686. The van der Waals surface area contributed by atoms with Crippen molar-refractivity contribution in [1.29, 1.82) is 5.26 Å². The van der Waals surface area contributed by atoms with Crippen molar-refractivity contribution in [2.75, 3.05) is 4.72 Å². The number of rotatable bonds is 5. The highest BCUT2D eigenvalue weighted by Crippen LogP contribution is 2.27. The molecule has 0 amide bonds. The Bertz CT molecular complexity index is 897. The molecule has 23 heavy (non-hydrogen) atoms. The third-order valence-corrected chi connectivity index (χ3v) is 4.69. The largest absolute Gasteiger partial charge is 0.476 e. The summed E-state index contributed by atoms with van der Waals surface area (Å²) in [7, 11) is -2.46. The van der Waals surface area contributed by atoms with E-state index in [9.17, 15) is 13.2 Å². The van der Waals surface area contributed by atoms with E-state index in [0.717, 1.165) is 4.68 Å². The topological polar surface area (TPSA) is 125 Å². The van der Waals surface area contributed by atoms with Crippen LogP contribution in [0.2, 0.25) is 0 Å². The SMILES string of the molecule is Cn1nc(Br)c(NS(=O)(=O)Cc2ccc(C#N)cc2)c1C(=O)O. The number of anilines is 1. The predicted octanol–water partition coefficient (Wildman–Crippen LogP) is 1.69. The number of carbonyl (C=O) groups is 1. The summed E-state index contributed by atoms with van der Waals surface area (Å²) in [6.45, 7) is 0. The fourth-order valence-electron chi connectivity index (χ4n) is 1.91. The Labute approximate surface area is 140 Å². The van der Waals surface area contributed by atoms with Crippen LogP contribution >= 0.6 is 15.9 Å². The first kappa shape index (κ1) is 17.0. The van der Waals surface area contributed by atoms with Gasteiger partial charge in [0.15, 0.2) is 10.3 Å². The minimum atomic E-state index is -3.85. The molecule has 2 N–H and O–H groups in total. The number of aromatic nitrogens is 2. The van der Waals surface area contributed by atoms with Gasteiger partial charge < -0.3 is 5.11 Å². The fourth-order valence-corrected chi connectivity index (χ4v) is 3.78. The molecule has 0 fully saturated rings. The summed E-state index contributed by atoms with van der Waals surface area (Å²) in [5.41, 5.74) is 0.476. The van der Waals surface area contributed by atoms with Gasteiger partial charge in [0.25, 0.3) is 0 Å². The van der Waals surface area contributed by atoms with Gasteiger partial charge >= 0.3 is 5.97 Å². The first-order valence-corrected chi connectivity index (χ1v) is 8.63. The van der Waals surface area contributed by atoms with E-state index in [1.54, 1.807) is 0 Å². The Hall–Kier alpha value is -2.38. The third-order valence-electron chi connectivity index (χ3n) is 2.90. The molecule has 0 aliphatic carbocycles. The lowest BCUT2D eigenvalue weighted by Gasteiger charge is -2.08. The predicted molar refractivity (Wildman–Crippen MR) is 85.3 cm³/mol. The van der Waals surface area contributed by atoms with Crippen molar-refractivity contribution in [2.24, 2.45) is 7.05 Å². The van der Waals surface area contributed by atoms with Gasteiger partial charge in [0.05, 0.1) is 17.4 Å². The van der Waals surface area contributed by atoms with Gasteiger partial charge in [-0.05, 0) is 33.6 Å². The molecule has 0 saturated carbocycles. The number of nitriles is 1. The molecule has 0 aliphatic heterocycles. The van der Waals surface area contributed by atoms with Crippen molar-refractivity contribution in [2.45, 2.75) is 5.75 Å². The molecule has 0 spiro atoms. The number of carboxylic acids is 1. The van der Waals surface area contributed by atoms with Gasteiger partial charge in [-0.2, -0.15) is 10.4 Å². The number of nitrogens with one attached hydrogen (secondary N) is 1. The molecule has 0 atom stereocenters. The van der Waals surface area contributed by atoms with E-state index >= 15 is 0 Å². The van der Waals surface area contributed by atoms with Crippen LogP contribution in [0.4, 0.5) is 5.69 Å². The molecule has 1 aromatic carbocycles. The molecule has 8 nitrogen and oxygen atoms in total. The van der Waals surface area contributed by atoms with Gasteiger partial charge in [-0.3, -0.25) is 9.40 Å². The molecule has 1 aromatic heterocycles. The maximum atomic E-state index is 12.2. The van der Waals surface area contributed by atoms with E-state index < -0.39 is 16.0 Å². The molecular weight excluding hydrogens is 388 g/mol. The molecule has 10 heteroatoms. The molecule has 1 heterocycles. The van der Waals surface area contributed by atoms with Crippen LogP contribution in [0.5, 0.6) is 0 Å². The number of benzene rings is 1. The molecular formula is C13H11BrN4O4S. The second-order valence-corrected chi connectivity index (χ2v) is 7.09. The highest BCUT2D eigenvalue weighted by molar-refractivity contribution is 9.10. The molecule has 0 unspecified atom stereocenters. The summed E-state index contributed by atoms with van der Waals surface area (Å²) in [6, 6.07) is 8.00. The summed E-state index contributed by atoms with van der Waals surface area (Å²) in [5, 5.41) is 21.7. The quantitative estimate of drug-likeness (QED) is 0.788. The minimum Gasteiger partial charge on any atom is -0.476 e. The Morgan fingerprint density at radius 3 is 2.57 bits per heavy atom. The third kappa shape index (κ3) is 3.88. The van der Waals surface area contributed by atoms with Gasteiger partial charge in [0.2, 0.25) is 10.0 Å². The Morgan fingerprint density at radius 2 is 2.04 bits per heavy atom. The smallest absolute Gasteiger partial charge is 0.356 e. The van der Waals surface area contributed by atoms with E-state index in [0.29, 0.717) is 11.1 Å². The number of halogens is 1. The maximum absolute atomic E-state index is 12.2. The second-order valence-electron chi connectivity index (χ2n) is 4.61. The van der Waals surface area contributed by atoms with E-state index in [-0.39, 0.29) is 21.7 Å². The molecule has 0 aliphatic rings. The van der Waals surface area contributed by atoms with Gasteiger partial charge in [-0.25, -0.2) is 13.2 Å². The Balaban J connectivity index is 2.28. The van der Waals surface area contributed by atoms with Gasteiger partial charge in [-0.15, -0.1) is 0 Å². The lowest BCUT2D eigenvalue weighted by Crippen LogP contribution is -2.17. The average molecular weight is 399 g/mol. The monoisotopic (exact) mass is 398 g/mol. The fraction of sp³-hybridized carbons (Fsp3) is 0.154. The van der Waals surface area contributed by atoms with Gasteiger partial charge in [0, 0.05) is 7.05 Å². The number of nitrogens with zero attached hydrogens (tertiary/aromatic N) is 3. The average Bonchev–Trinajstić information content (AvgIpc) is 2.73. The zero-order chi connectivity index (χ0) is 17.2. The molecule has 0 bridgehead atoms. The summed E-state index contributed by atoms with van der Waals surface area (Å²) < 4.78 is 27.8. The van der Waals surface area contributed by atoms with Crippen molar-refractivity contribution >= 4 is 37.6 Å². The molecule has 2 rings (SSSR count). The van der Waals surface area contributed by atoms with Crippen molar-refractivity contribution in [3.63, 3.8) is 0 Å². The van der Waals surface area contributed by atoms with Crippen LogP contribution in [0.3, 0.4) is 0 Å². The number of aromatic carboxylic acids is 1. The van der Waals surface area contributed by atoms with Crippen LogP contribution in [-0.4, -0.2) is 29.3 Å². The molecule has 120 valence electrons. The number of aryl methyl sites for hydroxylation is 1. The molecule has 2 aromatic rings. The van der Waals surface area contributed by atoms with Gasteiger partial charge in [-0.1, -0.05) is 12.1 Å². The first-order valence-electron chi connectivity index (χ1n) is 6.19. The number of carboxylic acid groups (broad SMARTS) is 1.